The molecule has 7 heteroatoms. The normalized spacial score (nSPS) is 19.9. The van der Waals surface area contributed by atoms with Gasteiger partial charge in [0.2, 0.25) is 5.91 Å². The van der Waals surface area contributed by atoms with E-state index in [1.54, 1.807) is 18.3 Å². The third-order valence-electron chi connectivity index (χ3n) is 4.03. The molecule has 0 bridgehead atoms. The Morgan fingerprint density at radius 2 is 2.19 bits per heavy atom. The van der Waals surface area contributed by atoms with Gasteiger partial charge in [-0.1, -0.05) is 12.5 Å². The quantitative estimate of drug-likeness (QED) is 0.847. The molecule has 2 aromatic rings. The van der Waals surface area contributed by atoms with Gasteiger partial charge in [0, 0.05) is 12.7 Å². The Hall–Kier alpha value is -2.15. The first-order chi connectivity index (χ1) is 10.2. The molecule has 2 aromatic heterocycles. The van der Waals surface area contributed by atoms with Crippen molar-refractivity contribution < 1.29 is 4.79 Å². The maximum Gasteiger partial charge on any atom is 0.350 e. The highest BCUT2D eigenvalue weighted by molar-refractivity contribution is 5.79. The molecule has 1 atom stereocenters. The average molecular weight is 289 g/mol. The van der Waals surface area contributed by atoms with Crippen molar-refractivity contribution in [2.75, 3.05) is 13.1 Å². The van der Waals surface area contributed by atoms with Crippen LogP contribution in [0.3, 0.4) is 0 Å². The highest BCUT2D eigenvalue weighted by Crippen LogP contribution is 2.16. The minimum Gasteiger partial charge on any atom is -0.368 e. The van der Waals surface area contributed by atoms with Crippen molar-refractivity contribution in [1.82, 2.24) is 19.1 Å². The summed E-state index contributed by atoms with van der Waals surface area (Å²) >= 11 is 0. The van der Waals surface area contributed by atoms with Gasteiger partial charge < -0.3 is 5.73 Å². The lowest BCUT2D eigenvalue weighted by molar-refractivity contribution is -0.124. The summed E-state index contributed by atoms with van der Waals surface area (Å²) < 4.78 is 2.96. The van der Waals surface area contributed by atoms with Crippen LogP contribution < -0.4 is 11.4 Å². The Kier molecular flexibility index (Phi) is 3.74. The van der Waals surface area contributed by atoms with E-state index in [1.807, 2.05) is 6.07 Å². The predicted molar refractivity (Wildman–Crippen MR) is 77.9 cm³/mol. The number of primary amides is 1. The summed E-state index contributed by atoms with van der Waals surface area (Å²) in [6.07, 6.45) is 4.59. The number of amides is 1. The number of nitrogens with zero attached hydrogens (tertiary/aromatic N) is 4. The van der Waals surface area contributed by atoms with E-state index in [2.05, 4.69) is 10.00 Å². The molecule has 1 aliphatic heterocycles. The average Bonchev–Trinajstić information content (AvgIpc) is 2.82. The summed E-state index contributed by atoms with van der Waals surface area (Å²) in [6.45, 7) is 1.91. The zero-order chi connectivity index (χ0) is 14.8. The molecule has 1 aliphatic rings. The Balaban J connectivity index is 1.75. The van der Waals surface area contributed by atoms with Crippen LogP contribution in [0.15, 0.2) is 29.2 Å². The number of piperidine rings is 1. The number of aromatic nitrogens is 3. The van der Waals surface area contributed by atoms with Crippen molar-refractivity contribution in [2.24, 2.45) is 5.73 Å². The predicted octanol–water partition coefficient (Wildman–Crippen LogP) is -0.164. The van der Waals surface area contributed by atoms with Crippen molar-refractivity contribution >= 4 is 11.6 Å². The monoisotopic (exact) mass is 289 g/mol. The van der Waals surface area contributed by atoms with Crippen molar-refractivity contribution in [3.8, 4) is 0 Å². The van der Waals surface area contributed by atoms with Crippen LogP contribution in [0.1, 0.15) is 19.3 Å². The van der Waals surface area contributed by atoms with Crippen LogP contribution in [0.4, 0.5) is 0 Å². The van der Waals surface area contributed by atoms with Gasteiger partial charge in [0.25, 0.3) is 0 Å². The maximum absolute atomic E-state index is 12.2. The Morgan fingerprint density at radius 1 is 1.33 bits per heavy atom. The zero-order valence-electron chi connectivity index (χ0n) is 11.8. The van der Waals surface area contributed by atoms with Crippen LogP contribution >= 0.6 is 0 Å². The van der Waals surface area contributed by atoms with Gasteiger partial charge in [-0.15, -0.1) is 5.10 Å². The lowest BCUT2D eigenvalue weighted by Crippen LogP contribution is -2.49. The van der Waals surface area contributed by atoms with Crippen molar-refractivity contribution in [3.05, 3.63) is 34.9 Å². The van der Waals surface area contributed by atoms with Gasteiger partial charge in [-0.2, -0.15) is 0 Å². The van der Waals surface area contributed by atoms with Crippen LogP contribution in [0, 0.1) is 0 Å². The number of likely N-dealkylation sites (tertiary alicyclic amines) is 1. The Labute approximate surface area is 122 Å². The third-order valence-corrected chi connectivity index (χ3v) is 4.03. The number of hydrogen-bond acceptors (Lipinski definition) is 4. The molecular formula is C14H19N5O2. The minimum absolute atomic E-state index is 0.154. The molecule has 3 rings (SSSR count). The topological polar surface area (TPSA) is 85.6 Å². The molecular weight excluding hydrogens is 270 g/mol. The molecule has 0 unspecified atom stereocenters. The largest absolute Gasteiger partial charge is 0.368 e. The van der Waals surface area contributed by atoms with Crippen LogP contribution in [0.25, 0.3) is 5.65 Å². The van der Waals surface area contributed by atoms with Gasteiger partial charge in [0.1, 0.15) is 0 Å². The van der Waals surface area contributed by atoms with Crippen LogP contribution in [0.5, 0.6) is 0 Å². The summed E-state index contributed by atoms with van der Waals surface area (Å²) in [5, 5.41) is 4.29. The van der Waals surface area contributed by atoms with Gasteiger partial charge in [0.05, 0.1) is 12.6 Å². The second-order valence-electron chi connectivity index (χ2n) is 5.38. The van der Waals surface area contributed by atoms with Gasteiger partial charge >= 0.3 is 5.69 Å². The van der Waals surface area contributed by atoms with Gasteiger partial charge in [-0.05, 0) is 31.5 Å². The SMILES string of the molecule is NC(=O)[C@@H]1CCCCN1CCn1nc2ccccn2c1=O. The second kappa shape index (κ2) is 5.69. The van der Waals surface area contributed by atoms with E-state index >= 15 is 0 Å². The van der Waals surface area contributed by atoms with Gasteiger partial charge in [-0.25, -0.2) is 9.48 Å². The molecule has 0 aliphatic carbocycles. The van der Waals surface area contributed by atoms with Gasteiger partial charge in [-0.3, -0.25) is 14.1 Å². The molecule has 7 nitrogen and oxygen atoms in total. The molecule has 1 amide bonds. The highest BCUT2D eigenvalue weighted by atomic mass is 16.2. The number of carbonyl (C=O) groups is 1. The minimum atomic E-state index is -0.281. The Morgan fingerprint density at radius 3 is 2.95 bits per heavy atom. The van der Waals surface area contributed by atoms with E-state index in [4.69, 9.17) is 5.73 Å². The fraction of sp³-hybridized carbons (Fsp3) is 0.500. The van der Waals surface area contributed by atoms with Crippen LogP contribution in [-0.2, 0) is 11.3 Å². The third kappa shape index (κ3) is 2.69. The van der Waals surface area contributed by atoms with Gasteiger partial charge in [0.15, 0.2) is 5.65 Å². The number of carbonyl (C=O) groups excluding carboxylic acids is 1. The van der Waals surface area contributed by atoms with E-state index in [0.717, 1.165) is 25.8 Å². The molecule has 1 fully saturated rings. The second-order valence-corrected chi connectivity index (χ2v) is 5.38. The first kappa shape index (κ1) is 13.8. The van der Waals surface area contributed by atoms with Crippen molar-refractivity contribution in [2.45, 2.75) is 31.8 Å². The van der Waals surface area contributed by atoms with Crippen molar-refractivity contribution in [1.29, 1.82) is 0 Å². The van der Waals surface area contributed by atoms with Crippen molar-refractivity contribution in [3.63, 3.8) is 0 Å². The zero-order valence-corrected chi connectivity index (χ0v) is 11.8. The fourth-order valence-corrected chi connectivity index (χ4v) is 2.92. The standard InChI is InChI=1S/C14H19N5O2/c15-13(20)11-5-1-3-7-17(11)9-10-19-14(21)18-8-4-2-6-12(18)16-19/h2,4,6,8,11H,1,3,5,7,9-10H2,(H2,15,20)/t11-/m0/s1. The smallest absolute Gasteiger partial charge is 0.350 e. The first-order valence-corrected chi connectivity index (χ1v) is 7.24. The Bertz CT molecular complexity index is 705. The summed E-state index contributed by atoms with van der Waals surface area (Å²) in [5.74, 6) is -0.281. The number of fused-ring (bicyclic) bond motifs is 1. The summed E-state index contributed by atoms with van der Waals surface area (Å²) in [6, 6.07) is 5.23. The van der Waals surface area contributed by atoms with E-state index in [9.17, 15) is 9.59 Å². The molecule has 1 saturated heterocycles. The molecule has 0 saturated carbocycles. The van der Waals surface area contributed by atoms with E-state index < -0.39 is 0 Å². The van der Waals surface area contributed by atoms with E-state index in [-0.39, 0.29) is 17.6 Å². The molecule has 21 heavy (non-hydrogen) atoms. The maximum atomic E-state index is 12.2. The number of rotatable bonds is 4. The van der Waals surface area contributed by atoms with E-state index in [0.29, 0.717) is 18.7 Å². The summed E-state index contributed by atoms with van der Waals surface area (Å²) in [7, 11) is 0. The lowest BCUT2D eigenvalue weighted by Gasteiger charge is -2.33. The summed E-state index contributed by atoms with van der Waals surface area (Å²) in [4.78, 5) is 25.7. The summed E-state index contributed by atoms with van der Waals surface area (Å²) in [5.41, 5.74) is 5.93. The lowest BCUT2D eigenvalue weighted by atomic mass is 10.0. The van der Waals surface area contributed by atoms with Crippen LogP contribution in [-0.4, -0.2) is 44.1 Å². The highest BCUT2D eigenvalue weighted by Gasteiger charge is 2.26. The molecule has 3 heterocycles. The number of nitrogens with two attached hydrogens (primary N) is 1. The molecule has 2 N–H and O–H groups in total. The first-order valence-electron chi connectivity index (χ1n) is 7.24. The number of pyridine rings is 1. The molecule has 0 radical (unpaired) electrons. The number of hydrogen-bond donors (Lipinski definition) is 1. The fourth-order valence-electron chi connectivity index (χ4n) is 2.92. The molecule has 0 spiro atoms. The molecule has 0 aromatic carbocycles. The van der Waals surface area contributed by atoms with E-state index in [1.165, 1.54) is 9.08 Å². The molecule has 112 valence electrons. The van der Waals surface area contributed by atoms with Crippen LogP contribution in [0.2, 0.25) is 0 Å².